The molecule has 2 heterocycles. The number of benzene rings is 1. The Morgan fingerprint density at radius 1 is 1.31 bits per heavy atom. The summed E-state index contributed by atoms with van der Waals surface area (Å²) in [6, 6.07) is 7.56. The predicted molar refractivity (Wildman–Crippen MR) is 98.5 cm³/mol. The first kappa shape index (κ1) is 18.7. The minimum Gasteiger partial charge on any atom is -0.444 e. The Morgan fingerprint density at radius 3 is 2.46 bits per heavy atom. The largest absolute Gasteiger partial charge is 0.444 e. The number of carbonyl (C=O) groups excluding carboxylic acids is 1. The predicted octanol–water partition coefficient (Wildman–Crippen LogP) is 4.01. The highest BCUT2D eigenvalue weighted by molar-refractivity contribution is 5.69. The van der Waals surface area contributed by atoms with E-state index in [-0.39, 0.29) is 18.2 Å². The fourth-order valence-electron chi connectivity index (χ4n) is 4.45. The van der Waals surface area contributed by atoms with E-state index in [1.807, 2.05) is 38.7 Å². The standard InChI is InChI=1S/C21H28N2O3/c1-14-8-9-15(13-22)10-18(14)21(25)11-16-6-5-7-17(12-21)23(16)19(24)26-20(2,3)4/h8-10,16-17,25H,5-7,11-12H2,1-4H3. The van der Waals surface area contributed by atoms with Crippen molar-refractivity contribution in [3.63, 3.8) is 0 Å². The number of ether oxygens (including phenoxy) is 1. The highest BCUT2D eigenvalue weighted by Crippen LogP contribution is 2.45. The summed E-state index contributed by atoms with van der Waals surface area (Å²) in [5.74, 6) is 0. The van der Waals surface area contributed by atoms with Crippen molar-refractivity contribution in [2.75, 3.05) is 0 Å². The molecule has 5 heteroatoms. The van der Waals surface area contributed by atoms with Gasteiger partial charge in [-0.3, -0.25) is 0 Å². The Morgan fingerprint density at radius 2 is 1.92 bits per heavy atom. The molecule has 0 saturated carbocycles. The summed E-state index contributed by atoms with van der Waals surface area (Å²) in [5, 5.41) is 20.7. The van der Waals surface area contributed by atoms with Gasteiger partial charge in [-0.1, -0.05) is 6.07 Å². The summed E-state index contributed by atoms with van der Waals surface area (Å²) in [4.78, 5) is 14.6. The lowest BCUT2D eigenvalue weighted by Gasteiger charge is -2.52. The van der Waals surface area contributed by atoms with Gasteiger partial charge in [0.2, 0.25) is 0 Å². The summed E-state index contributed by atoms with van der Waals surface area (Å²) in [6.45, 7) is 7.58. The highest BCUT2D eigenvalue weighted by atomic mass is 16.6. The minimum absolute atomic E-state index is 0.0347. The van der Waals surface area contributed by atoms with Gasteiger partial charge in [-0.05, 0) is 70.2 Å². The Labute approximate surface area is 155 Å². The summed E-state index contributed by atoms with van der Waals surface area (Å²) in [7, 11) is 0. The lowest BCUT2D eigenvalue weighted by molar-refractivity contribution is -0.0967. The SMILES string of the molecule is Cc1ccc(C#N)cc1C1(O)CC2CCCC(C1)N2C(=O)OC(C)(C)C. The molecule has 1 aromatic rings. The number of rotatable bonds is 1. The molecular weight excluding hydrogens is 328 g/mol. The summed E-state index contributed by atoms with van der Waals surface area (Å²) < 4.78 is 5.61. The molecule has 26 heavy (non-hydrogen) atoms. The highest BCUT2D eigenvalue weighted by Gasteiger charge is 2.49. The number of carbonyl (C=O) groups is 1. The first-order valence-corrected chi connectivity index (χ1v) is 9.38. The van der Waals surface area contributed by atoms with Crippen LogP contribution in [0.3, 0.4) is 0 Å². The van der Waals surface area contributed by atoms with Crippen LogP contribution in [0.4, 0.5) is 4.79 Å². The van der Waals surface area contributed by atoms with Gasteiger partial charge in [0.15, 0.2) is 0 Å². The number of nitriles is 1. The molecule has 140 valence electrons. The normalized spacial score (nSPS) is 28.4. The second kappa shape index (κ2) is 6.59. The second-order valence-electron chi connectivity index (χ2n) is 8.71. The summed E-state index contributed by atoms with van der Waals surface area (Å²) in [6.07, 6.45) is 3.49. The van der Waals surface area contributed by atoms with E-state index in [2.05, 4.69) is 6.07 Å². The van der Waals surface area contributed by atoms with Crippen molar-refractivity contribution in [1.29, 1.82) is 5.26 Å². The van der Waals surface area contributed by atoms with Gasteiger partial charge in [0.1, 0.15) is 5.60 Å². The first-order valence-electron chi connectivity index (χ1n) is 9.38. The molecule has 1 aromatic carbocycles. The molecule has 0 spiro atoms. The minimum atomic E-state index is -1.01. The molecule has 1 amide bonds. The van der Waals surface area contributed by atoms with Crippen LogP contribution in [0.5, 0.6) is 0 Å². The smallest absolute Gasteiger partial charge is 0.410 e. The fourth-order valence-corrected chi connectivity index (χ4v) is 4.45. The van der Waals surface area contributed by atoms with Crippen LogP contribution >= 0.6 is 0 Å². The van der Waals surface area contributed by atoms with Crippen molar-refractivity contribution in [3.05, 3.63) is 34.9 Å². The van der Waals surface area contributed by atoms with E-state index >= 15 is 0 Å². The van der Waals surface area contributed by atoms with Gasteiger partial charge in [-0.15, -0.1) is 0 Å². The molecule has 2 unspecified atom stereocenters. The number of aliphatic hydroxyl groups is 1. The molecule has 1 N–H and O–H groups in total. The van der Waals surface area contributed by atoms with Gasteiger partial charge in [0, 0.05) is 24.9 Å². The number of aryl methyl sites for hydroxylation is 1. The molecule has 2 aliphatic rings. The van der Waals surface area contributed by atoms with E-state index in [4.69, 9.17) is 4.74 Å². The van der Waals surface area contributed by atoms with Crippen LogP contribution in [0.1, 0.15) is 69.6 Å². The lowest BCUT2D eigenvalue weighted by atomic mass is 9.71. The second-order valence-corrected chi connectivity index (χ2v) is 8.71. The maximum Gasteiger partial charge on any atom is 0.410 e. The number of fused-ring (bicyclic) bond motifs is 2. The van der Waals surface area contributed by atoms with Crippen molar-refractivity contribution < 1.29 is 14.6 Å². The molecule has 5 nitrogen and oxygen atoms in total. The molecule has 0 aromatic heterocycles. The van der Waals surface area contributed by atoms with Gasteiger partial charge in [-0.2, -0.15) is 5.26 Å². The van der Waals surface area contributed by atoms with E-state index in [0.717, 1.165) is 30.4 Å². The average molecular weight is 356 g/mol. The topological polar surface area (TPSA) is 73.6 Å². The van der Waals surface area contributed by atoms with Crippen molar-refractivity contribution >= 4 is 6.09 Å². The number of piperidine rings is 2. The molecule has 2 fully saturated rings. The van der Waals surface area contributed by atoms with Crippen LogP contribution in [0.25, 0.3) is 0 Å². The van der Waals surface area contributed by atoms with Crippen molar-refractivity contribution in [2.45, 2.75) is 83.1 Å². The Hall–Kier alpha value is -2.06. The van der Waals surface area contributed by atoms with Gasteiger partial charge in [0.05, 0.1) is 17.2 Å². The molecule has 3 rings (SSSR count). The quantitative estimate of drug-likeness (QED) is 0.825. The van der Waals surface area contributed by atoms with Crippen molar-refractivity contribution in [2.24, 2.45) is 0 Å². The molecule has 2 aliphatic heterocycles. The van der Waals surface area contributed by atoms with E-state index < -0.39 is 11.2 Å². The first-order chi connectivity index (χ1) is 12.1. The third-order valence-corrected chi connectivity index (χ3v) is 5.48. The van der Waals surface area contributed by atoms with E-state index in [0.29, 0.717) is 18.4 Å². The third-order valence-electron chi connectivity index (χ3n) is 5.48. The van der Waals surface area contributed by atoms with E-state index in [9.17, 15) is 15.2 Å². The fraction of sp³-hybridized carbons (Fsp3) is 0.619. The van der Waals surface area contributed by atoms with Crippen LogP contribution in [0, 0.1) is 18.3 Å². The van der Waals surface area contributed by atoms with Crippen LogP contribution < -0.4 is 0 Å². The number of hydrogen-bond acceptors (Lipinski definition) is 4. The zero-order valence-corrected chi connectivity index (χ0v) is 16.1. The van der Waals surface area contributed by atoms with Crippen LogP contribution in [-0.4, -0.2) is 33.8 Å². The molecule has 2 atom stereocenters. The molecular formula is C21H28N2O3. The maximum absolute atomic E-state index is 12.7. The Balaban J connectivity index is 1.90. The van der Waals surface area contributed by atoms with Gasteiger partial charge in [0.25, 0.3) is 0 Å². The zero-order valence-electron chi connectivity index (χ0n) is 16.1. The molecule has 0 aliphatic carbocycles. The maximum atomic E-state index is 12.7. The summed E-state index contributed by atoms with van der Waals surface area (Å²) >= 11 is 0. The van der Waals surface area contributed by atoms with Crippen molar-refractivity contribution in [1.82, 2.24) is 4.90 Å². The lowest BCUT2D eigenvalue weighted by Crippen LogP contribution is -2.59. The number of nitrogens with zero attached hydrogens (tertiary/aromatic N) is 2. The number of hydrogen-bond donors (Lipinski definition) is 1. The monoisotopic (exact) mass is 356 g/mol. The average Bonchev–Trinajstić information content (AvgIpc) is 2.52. The van der Waals surface area contributed by atoms with E-state index in [1.165, 1.54) is 0 Å². The van der Waals surface area contributed by atoms with Crippen LogP contribution in [-0.2, 0) is 10.3 Å². The van der Waals surface area contributed by atoms with Gasteiger partial charge in [-0.25, -0.2) is 4.79 Å². The number of amides is 1. The Kier molecular flexibility index (Phi) is 4.74. The third kappa shape index (κ3) is 3.57. The molecule has 2 bridgehead atoms. The van der Waals surface area contributed by atoms with E-state index in [1.54, 1.807) is 12.1 Å². The zero-order chi connectivity index (χ0) is 19.1. The van der Waals surface area contributed by atoms with Crippen LogP contribution in [0.15, 0.2) is 18.2 Å². The van der Waals surface area contributed by atoms with Crippen molar-refractivity contribution in [3.8, 4) is 6.07 Å². The Bertz CT molecular complexity index is 731. The molecule has 2 saturated heterocycles. The van der Waals surface area contributed by atoms with Gasteiger partial charge < -0.3 is 14.7 Å². The summed E-state index contributed by atoms with van der Waals surface area (Å²) in [5.41, 5.74) is 0.813. The molecule has 0 radical (unpaired) electrons. The van der Waals surface area contributed by atoms with Crippen LogP contribution in [0.2, 0.25) is 0 Å². The van der Waals surface area contributed by atoms with Gasteiger partial charge >= 0.3 is 6.09 Å².